The second kappa shape index (κ2) is 9.41. The van der Waals surface area contributed by atoms with Gasteiger partial charge < -0.3 is 10.1 Å². The van der Waals surface area contributed by atoms with Gasteiger partial charge in [0.15, 0.2) is 0 Å². The summed E-state index contributed by atoms with van der Waals surface area (Å²) >= 11 is 6.12. The van der Waals surface area contributed by atoms with E-state index in [0.717, 1.165) is 15.4 Å². The number of benzene rings is 2. The molecule has 2 aromatic rings. The van der Waals surface area contributed by atoms with Crippen molar-refractivity contribution in [3.8, 4) is 5.75 Å². The highest BCUT2D eigenvalue weighted by atomic mass is 35.5. The molecule has 0 bridgehead atoms. The first-order valence-electron chi connectivity index (χ1n) is 8.99. The third-order valence-corrected chi connectivity index (χ3v) is 6.47. The first-order chi connectivity index (χ1) is 13.2. The van der Waals surface area contributed by atoms with Crippen molar-refractivity contribution < 1.29 is 17.9 Å². The molecule has 0 radical (unpaired) electrons. The summed E-state index contributed by atoms with van der Waals surface area (Å²) in [5.41, 5.74) is 2.53. The predicted molar refractivity (Wildman–Crippen MR) is 112 cm³/mol. The van der Waals surface area contributed by atoms with Crippen LogP contribution in [-0.2, 0) is 14.8 Å². The summed E-state index contributed by atoms with van der Waals surface area (Å²) in [5, 5.41) is 3.02. The van der Waals surface area contributed by atoms with Crippen molar-refractivity contribution in [1.82, 2.24) is 4.31 Å². The number of halogens is 1. The smallest absolute Gasteiger partial charge is 0.243 e. The molecule has 8 heteroatoms. The van der Waals surface area contributed by atoms with E-state index in [1.807, 2.05) is 39.0 Å². The van der Waals surface area contributed by atoms with Crippen LogP contribution in [0.25, 0.3) is 0 Å². The van der Waals surface area contributed by atoms with Gasteiger partial charge in [0.25, 0.3) is 0 Å². The van der Waals surface area contributed by atoms with Gasteiger partial charge in [-0.2, -0.15) is 4.31 Å². The fraction of sp³-hybridized carbons (Fsp3) is 0.350. The summed E-state index contributed by atoms with van der Waals surface area (Å²) in [6.07, 6.45) is 0. The van der Waals surface area contributed by atoms with Crippen molar-refractivity contribution in [1.29, 1.82) is 0 Å². The number of sulfonamides is 1. The van der Waals surface area contributed by atoms with Gasteiger partial charge in [0.2, 0.25) is 15.9 Å². The van der Waals surface area contributed by atoms with Crippen molar-refractivity contribution >= 4 is 33.2 Å². The Bertz CT molecular complexity index is 940. The second-order valence-corrected chi connectivity index (χ2v) is 8.62. The molecule has 0 aromatic heterocycles. The highest BCUT2D eigenvalue weighted by Crippen LogP contribution is 2.29. The minimum Gasteiger partial charge on any atom is -0.492 e. The first-order valence-corrected chi connectivity index (χ1v) is 10.8. The largest absolute Gasteiger partial charge is 0.492 e. The predicted octanol–water partition coefficient (Wildman–Crippen LogP) is 4.00. The van der Waals surface area contributed by atoms with Crippen molar-refractivity contribution in [3.63, 3.8) is 0 Å². The minimum atomic E-state index is -3.88. The molecule has 0 aliphatic carbocycles. The van der Waals surface area contributed by atoms with Crippen LogP contribution in [0.4, 0.5) is 5.69 Å². The highest BCUT2D eigenvalue weighted by molar-refractivity contribution is 7.89. The summed E-state index contributed by atoms with van der Waals surface area (Å²) in [7, 11) is -3.88. The summed E-state index contributed by atoms with van der Waals surface area (Å²) in [5.74, 6) is 0.0128. The molecule has 6 nitrogen and oxygen atoms in total. The Labute approximate surface area is 171 Å². The van der Waals surface area contributed by atoms with Crippen LogP contribution in [-0.4, -0.2) is 38.3 Å². The van der Waals surface area contributed by atoms with Crippen molar-refractivity contribution in [2.24, 2.45) is 0 Å². The van der Waals surface area contributed by atoms with Gasteiger partial charge in [-0.25, -0.2) is 8.42 Å². The van der Waals surface area contributed by atoms with E-state index in [2.05, 4.69) is 5.32 Å². The molecule has 0 atom stereocenters. The maximum atomic E-state index is 13.0. The number of para-hydroxylation sites is 1. The lowest BCUT2D eigenvalue weighted by Crippen LogP contribution is -2.38. The van der Waals surface area contributed by atoms with Gasteiger partial charge in [-0.3, -0.25) is 4.79 Å². The lowest BCUT2D eigenvalue weighted by atomic mass is 10.1. The molecule has 0 saturated carbocycles. The summed E-state index contributed by atoms with van der Waals surface area (Å²) < 4.78 is 32.4. The number of amides is 1. The topological polar surface area (TPSA) is 75.7 Å². The quantitative estimate of drug-likeness (QED) is 0.694. The number of rotatable bonds is 8. The number of nitrogens with one attached hydrogen (secondary N) is 1. The third kappa shape index (κ3) is 5.04. The van der Waals surface area contributed by atoms with E-state index in [1.165, 1.54) is 18.2 Å². The fourth-order valence-electron chi connectivity index (χ4n) is 2.78. The van der Waals surface area contributed by atoms with Gasteiger partial charge in [0.05, 0.1) is 23.1 Å². The number of carbonyl (C=O) groups is 1. The molecule has 2 rings (SSSR count). The van der Waals surface area contributed by atoms with Crippen LogP contribution in [0, 0.1) is 13.8 Å². The maximum Gasteiger partial charge on any atom is 0.243 e. The summed E-state index contributed by atoms with van der Waals surface area (Å²) in [6, 6.07) is 9.96. The van der Waals surface area contributed by atoms with Crippen LogP contribution in [0.1, 0.15) is 25.0 Å². The molecule has 28 heavy (non-hydrogen) atoms. The van der Waals surface area contributed by atoms with Crippen LogP contribution in [0.15, 0.2) is 41.3 Å². The first kappa shape index (κ1) is 22.2. The molecular formula is C20H25ClN2O4S. The van der Waals surface area contributed by atoms with Gasteiger partial charge in [-0.1, -0.05) is 36.7 Å². The Balaban J connectivity index is 2.21. The minimum absolute atomic E-state index is 0.0164. The van der Waals surface area contributed by atoms with E-state index in [1.54, 1.807) is 6.92 Å². The third-order valence-electron chi connectivity index (χ3n) is 4.26. The Morgan fingerprint density at radius 1 is 1.14 bits per heavy atom. The zero-order valence-corrected chi connectivity index (χ0v) is 18.0. The van der Waals surface area contributed by atoms with E-state index in [0.29, 0.717) is 18.0 Å². The van der Waals surface area contributed by atoms with E-state index in [4.69, 9.17) is 16.3 Å². The average molecular weight is 425 g/mol. The number of anilines is 1. The maximum absolute atomic E-state index is 13.0. The number of hydrogen-bond donors (Lipinski definition) is 1. The normalized spacial score (nSPS) is 11.5. The molecule has 152 valence electrons. The molecule has 0 spiro atoms. The average Bonchev–Trinajstić information content (AvgIpc) is 2.64. The molecule has 0 aliphatic rings. The van der Waals surface area contributed by atoms with Crippen LogP contribution in [0.5, 0.6) is 5.75 Å². The lowest BCUT2D eigenvalue weighted by Gasteiger charge is -2.21. The summed E-state index contributed by atoms with van der Waals surface area (Å²) in [6.45, 7) is 7.54. The van der Waals surface area contributed by atoms with E-state index in [-0.39, 0.29) is 23.0 Å². The standard InChI is InChI=1S/C20H25ClN2O4S/c1-5-23(13-19(24)22-20-14(3)8-7-9-15(20)4)28(25,26)16-10-11-18(27-6-2)17(21)12-16/h7-12H,5-6,13H2,1-4H3,(H,22,24). The van der Waals surface area contributed by atoms with Gasteiger partial charge in [-0.05, 0) is 50.1 Å². The van der Waals surface area contributed by atoms with Crippen molar-refractivity contribution in [3.05, 3.63) is 52.5 Å². The highest BCUT2D eigenvalue weighted by Gasteiger charge is 2.26. The van der Waals surface area contributed by atoms with Gasteiger partial charge >= 0.3 is 0 Å². The molecule has 0 aliphatic heterocycles. The zero-order chi connectivity index (χ0) is 20.9. The van der Waals surface area contributed by atoms with Gasteiger partial charge in [0.1, 0.15) is 5.75 Å². The monoisotopic (exact) mass is 424 g/mol. The number of hydrogen-bond acceptors (Lipinski definition) is 4. The molecular weight excluding hydrogens is 400 g/mol. The van der Waals surface area contributed by atoms with Gasteiger partial charge in [-0.15, -0.1) is 0 Å². The molecule has 0 heterocycles. The molecule has 1 amide bonds. The van der Waals surface area contributed by atoms with Gasteiger partial charge in [0, 0.05) is 12.2 Å². The van der Waals surface area contributed by atoms with Crippen molar-refractivity contribution in [2.75, 3.05) is 25.0 Å². The molecule has 1 N–H and O–H groups in total. The summed E-state index contributed by atoms with van der Waals surface area (Å²) in [4.78, 5) is 12.5. The molecule has 2 aromatic carbocycles. The van der Waals surface area contributed by atoms with Crippen LogP contribution >= 0.6 is 11.6 Å². The fourth-order valence-corrected chi connectivity index (χ4v) is 4.51. The Hall–Kier alpha value is -2.09. The van der Waals surface area contributed by atoms with Crippen LogP contribution < -0.4 is 10.1 Å². The van der Waals surface area contributed by atoms with E-state index < -0.39 is 15.9 Å². The Kier molecular flexibility index (Phi) is 7.46. The number of aryl methyl sites for hydroxylation is 2. The zero-order valence-electron chi connectivity index (χ0n) is 16.5. The molecule has 0 unspecified atom stereocenters. The number of nitrogens with zero attached hydrogens (tertiary/aromatic N) is 1. The molecule has 0 fully saturated rings. The number of carbonyl (C=O) groups excluding carboxylic acids is 1. The van der Waals surface area contributed by atoms with E-state index in [9.17, 15) is 13.2 Å². The second-order valence-electron chi connectivity index (χ2n) is 6.27. The van der Waals surface area contributed by atoms with E-state index >= 15 is 0 Å². The van der Waals surface area contributed by atoms with Crippen LogP contribution in [0.3, 0.4) is 0 Å². The lowest BCUT2D eigenvalue weighted by molar-refractivity contribution is -0.116. The number of likely N-dealkylation sites (N-methyl/N-ethyl adjacent to an activating group) is 1. The number of ether oxygens (including phenoxy) is 1. The molecule has 0 saturated heterocycles. The van der Waals surface area contributed by atoms with Crippen molar-refractivity contribution in [2.45, 2.75) is 32.6 Å². The Morgan fingerprint density at radius 3 is 2.32 bits per heavy atom. The SMILES string of the molecule is CCOc1ccc(S(=O)(=O)N(CC)CC(=O)Nc2c(C)cccc2C)cc1Cl. The Morgan fingerprint density at radius 2 is 1.79 bits per heavy atom. The van der Waals surface area contributed by atoms with Crippen LogP contribution in [0.2, 0.25) is 5.02 Å².